The number of nitrogens with zero attached hydrogens (tertiary/aromatic N) is 1. The largest absolute Gasteiger partial charge is 0.496 e. The van der Waals surface area contributed by atoms with Crippen molar-refractivity contribution in [3.05, 3.63) is 59.4 Å². The summed E-state index contributed by atoms with van der Waals surface area (Å²) >= 11 is 0. The molecule has 0 aliphatic carbocycles. The van der Waals surface area contributed by atoms with Crippen molar-refractivity contribution in [2.45, 2.75) is 6.54 Å². The van der Waals surface area contributed by atoms with Gasteiger partial charge < -0.3 is 15.4 Å². The van der Waals surface area contributed by atoms with Gasteiger partial charge in [0, 0.05) is 30.4 Å². The van der Waals surface area contributed by atoms with Gasteiger partial charge in [0.1, 0.15) is 17.4 Å². The van der Waals surface area contributed by atoms with Crippen LogP contribution in [0.2, 0.25) is 0 Å². The number of hydrogen-bond acceptors (Lipinski definition) is 3. The van der Waals surface area contributed by atoms with E-state index in [0.29, 0.717) is 12.1 Å². The summed E-state index contributed by atoms with van der Waals surface area (Å²) in [4.78, 5) is 1.97. The molecule has 0 heterocycles. The molecule has 0 saturated carbocycles. The van der Waals surface area contributed by atoms with Crippen LogP contribution in [0.15, 0.2) is 42.5 Å². The molecule has 0 spiro atoms. The molecule has 5 heteroatoms. The van der Waals surface area contributed by atoms with Gasteiger partial charge in [0.2, 0.25) is 0 Å². The summed E-state index contributed by atoms with van der Waals surface area (Å²) in [6.07, 6.45) is 0. The number of benzene rings is 2. The lowest BCUT2D eigenvalue weighted by Crippen LogP contribution is -2.18. The molecule has 0 bridgehead atoms. The van der Waals surface area contributed by atoms with Crippen LogP contribution in [-0.4, -0.2) is 20.0 Å². The predicted molar refractivity (Wildman–Crippen MR) is 82.5 cm³/mol. The zero-order chi connectivity index (χ0) is 15.4. The van der Waals surface area contributed by atoms with Gasteiger partial charge in [-0.3, -0.25) is 5.41 Å². The Hall–Kier alpha value is -2.56. The Labute approximate surface area is 123 Å². The van der Waals surface area contributed by atoms with Crippen LogP contribution < -0.4 is 15.4 Å². The minimum Gasteiger partial charge on any atom is -0.496 e. The average Bonchev–Trinajstić information content (AvgIpc) is 2.47. The number of methoxy groups -OCH3 is 1. The standard InChI is InChI=1S/C16H18FN3O/c1-20(14-6-4-13(17)5-7-14)10-12-9-11(16(18)19)3-8-15(12)21-2/h3-9H,10H2,1-2H3,(H3,18,19). The van der Waals surface area contributed by atoms with Gasteiger partial charge in [0.15, 0.2) is 0 Å². The monoisotopic (exact) mass is 287 g/mol. The smallest absolute Gasteiger partial charge is 0.123 e. The Morgan fingerprint density at radius 2 is 1.90 bits per heavy atom. The molecule has 2 aromatic carbocycles. The van der Waals surface area contributed by atoms with E-state index < -0.39 is 0 Å². The maximum atomic E-state index is 13.0. The molecule has 2 aromatic rings. The first-order valence-corrected chi connectivity index (χ1v) is 6.49. The Morgan fingerprint density at radius 3 is 2.48 bits per heavy atom. The van der Waals surface area contributed by atoms with E-state index in [0.717, 1.165) is 17.0 Å². The number of hydrogen-bond donors (Lipinski definition) is 2. The molecule has 0 amide bonds. The van der Waals surface area contributed by atoms with Gasteiger partial charge in [-0.1, -0.05) is 0 Å². The molecular formula is C16H18FN3O. The number of ether oxygens (including phenoxy) is 1. The van der Waals surface area contributed by atoms with Gasteiger partial charge in [0.25, 0.3) is 0 Å². The number of halogens is 1. The lowest BCUT2D eigenvalue weighted by atomic mass is 10.1. The summed E-state index contributed by atoms with van der Waals surface area (Å²) in [5, 5.41) is 7.51. The second kappa shape index (κ2) is 6.26. The van der Waals surface area contributed by atoms with Crippen molar-refractivity contribution in [2.24, 2.45) is 5.73 Å². The van der Waals surface area contributed by atoms with Gasteiger partial charge in [-0.05, 0) is 42.5 Å². The first kappa shape index (κ1) is 14.8. The van der Waals surface area contributed by atoms with Crippen molar-refractivity contribution in [1.82, 2.24) is 0 Å². The fourth-order valence-corrected chi connectivity index (χ4v) is 2.11. The molecule has 110 valence electrons. The molecular weight excluding hydrogens is 269 g/mol. The second-order valence-corrected chi connectivity index (χ2v) is 4.77. The second-order valence-electron chi connectivity index (χ2n) is 4.77. The lowest BCUT2D eigenvalue weighted by molar-refractivity contribution is 0.409. The minimum atomic E-state index is -0.261. The van der Waals surface area contributed by atoms with Gasteiger partial charge in [-0.25, -0.2) is 4.39 Å². The van der Waals surface area contributed by atoms with E-state index in [4.69, 9.17) is 15.9 Å². The third-order valence-electron chi connectivity index (χ3n) is 3.27. The van der Waals surface area contributed by atoms with Gasteiger partial charge in [0.05, 0.1) is 7.11 Å². The zero-order valence-electron chi connectivity index (χ0n) is 12.1. The number of anilines is 1. The molecule has 0 fully saturated rings. The molecule has 3 N–H and O–H groups in total. The normalized spacial score (nSPS) is 10.2. The van der Waals surface area contributed by atoms with E-state index in [9.17, 15) is 4.39 Å². The molecule has 0 aliphatic heterocycles. The number of nitrogen functional groups attached to an aromatic ring is 1. The van der Waals surface area contributed by atoms with E-state index in [1.807, 2.05) is 18.0 Å². The van der Waals surface area contributed by atoms with E-state index >= 15 is 0 Å². The van der Waals surface area contributed by atoms with Crippen molar-refractivity contribution in [1.29, 1.82) is 5.41 Å². The summed E-state index contributed by atoms with van der Waals surface area (Å²) in [5.41, 5.74) is 7.98. The van der Waals surface area contributed by atoms with Gasteiger partial charge in [-0.2, -0.15) is 0 Å². The molecule has 0 aliphatic rings. The van der Waals surface area contributed by atoms with Crippen molar-refractivity contribution in [2.75, 3.05) is 19.1 Å². The predicted octanol–water partition coefficient (Wildman–Crippen LogP) is 2.75. The van der Waals surface area contributed by atoms with Crippen LogP contribution in [0.5, 0.6) is 5.75 Å². The first-order chi connectivity index (χ1) is 10.0. The zero-order valence-corrected chi connectivity index (χ0v) is 12.1. The molecule has 4 nitrogen and oxygen atoms in total. The Balaban J connectivity index is 2.26. The van der Waals surface area contributed by atoms with Crippen LogP contribution in [0.25, 0.3) is 0 Å². The Bertz CT molecular complexity index is 640. The third-order valence-corrected chi connectivity index (χ3v) is 3.27. The van der Waals surface area contributed by atoms with Crippen LogP contribution in [0, 0.1) is 11.2 Å². The van der Waals surface area contributed by atoms with Gasteiger partial charge in [-0.15, -0.1) is 0 Å². The van der Waals surface area contributed by atoms with Crippen LogP contribution in [-0.2, 0) is 6.54 Å². The van der Waals surface area contributed by atoms with Crippen LogP contribution in [0.4, 0.5) is 10.1 Å². The van der Waals surface area contributed by atoms with Crippen LogP contribution in [0.3, 0.4) is 0 Å². The van der Waals surface area contributed by atoms with Crippen LogP contribution >= 0.6 is 0 Å². The topological polar surface area (TPSA) is 62.3 Å². The minimum absolute atomic E-state index is 0.0170. The summed E-state index contributed by atoms with van der Waals surface area (Å²) in [6, 6.07) is 11.7. The Morgan fingerprint density at radius 1 is 1.24 bits per heavy atom. The fourth-order valence-electron chi connectivity index (χ4n) is 2.11. The highest BCUT2D eigenvalue weighted by Gasteiger charge is 2.09. The summed E-state index contributed by atoms with van der Waals surface area (Å²) in [7, 11) is 3.51. The molecule has 21 heavy (non-hydrogen) atoms. The Kier molecular flexibility index (Phi) is 4.42. The van der Waals surface area contributed by atoms with E-state index in [1.165, 1.54) is 12.1 Å². The van der Waals surface area contributed by atoms with Gasteiger partial charge >= 0.3 is 0 Å². The number of rotatable bonds is 5. The highest BCUT2D eigenvalue weighted by atomic mass is 19.1. The summed E-state index contributed by atoms with van der Waals surface area (Å²) in [5.74, 6) is 0.487. The highest BCUT2D eigenvalue weighted by molar-refractivity contribution is 5.95. The molecule has 0 atom stereocenters. The molecule has 0 radical (unpaired) electrons. The van der Waals surface area contributed by atoms with Crippen molar-refractivity contribution >= 4 is 11.5 Å². The maximum absolute atomic E-state index is 13.0. The quantitative estimate of drug-likeness (QED) is 0.656. The SMILES string of the molecule is COc1ccc(C(=N)N)cc1CN(C)c1ccc(F)cc1. The number of nitrogens with one attached hydrogen (secondary N) is 1. The lowest BCUT2D eigenvalue weighted by Gasteiger charge is -2.21. The average molecular weight is 287 g/mol. The van der Waals surface area contributed by atoms with E-state index in [-0.39, 0.29) is 11.7 Å². The molecule has 2 rings (SSSR count). The van der Waals surface area contributed by atoms with Crippen molar-refractivity contribution in [3.8, 4) is 5.75 Å². The summed E-state index contributed by atoms with van der Waals surface area (Å²) in [6.45, 7) is 0.565. The first-order valence-electron chi connectivity index (χ1n) is 6.49. The molecule has 0 aromatic heterocycles. The van der Waals surface area contributed by atoms with E-state index in [1.54, 1.807) is 31.4 Å². The third kappa shape index (κ3) is 3.51. The highest BCUT2D eigenvalue weighted by Crippen LogP contribution is 2.23. The maximum Gasteiger partial charge on any atom is 0.123 e. The van der Waals surface area contributed by atoms with Crippen LogP contribution in [0.1, 0.15) is 11.1 Å². The molecule has 0 saturated heterocycles. The van der Waals surface area contributed by atoms with E-state index in [2.05, 4.69) is 0 Å². The van der Waals surface area contributed by atoms with Crippen molar-refractivity contribution in [3.63, 3.8) is 0 Å². The number of nitrogens with two attached hydrogens (primary N) is 1. The molecule has 0 unspecified atom stereocenters. The number of amidine groups is 1. The fraction of sp³-hybridized carbons (Fsp3) is 0.188. The summed E-state index contributed by atoms with van der Waals surface area (Å²) < 4.78 is 18.3. The van der Waals surface area contributed by atoms with Crippen molar-refractivity contribution < 1.29 is 9.13 Å².